The number of aromatic nitrogens is 1. The maximum Gasteiger partial charge on any atom is 0.331 e. The number of nitrogens with zero attached hydrogens (tertiary/aromatic N) is 2. The molecule has 3 aromatic carbocycles. The molecule has 1 aromatic heterocycles. The number of hydrogen-bond acceptors (Lipinski definition) is 5. The summed E-state index contributed by atoms with van der Waals surface area (Å²) in [6.07, 6.45) is 0.312. The first kappa shape index (κ1) is 26.3. The first-order chi connectivity index (χ1) is 17.6. The van der Waals surface area contributed by atoms with Crippen molar-refractivity contribution >= 4 is 39.3 Å². The minimum absolute atomic E-state index is 0.196. The lowest BCUT2D eigenvalue weighted by molar-refractivity contribution is -0.140. The van der Waals surface area contributed by atoms with Crippen molar-refractivity contribution in [3.05, 3.63) is 83.4 Å². The molecule has 0 aliphatic heterocycles. The van der Waals surface area contributed by atoms with Crippen LogP contribution in [0.15, 0.2) is 71.9 Å². The fourth-order valence-electron chi connectivity index (χ4n) is 4.67. The van der Waals surface area contributed by atoms with Crippen molar-refractivity contribution < 1.29 is 19.5 Å². The molecule has 1 unspecified atom stereocenters. The van der Waals surface area contributed by atoms with Crippen LogP contribution >= 0.6 is 0 Å². The summed E-state index contributed by atoms with van der Waals surface area (Å²) in [7, 11) is 0. The Morgan fingerprint density at radius 1 is 0.973 bits per heavy atom. The molecule has 1 atom stereocenters. The van der Waals surface area contributed by atoms with Gasteiger partial charge >= 0.3 is 5.97 Å². The first-order valence-electron chi connectivity index (χ1n) is 12.7. The topological polar surface area (TPSA) is 80.9 Å². The summed E-state index contributed by atoms with van der Waals surface area (Å²) in [5, 5.41) is 16.7. The lowest BCUT2D eigenvalue weighted by Crippen LogP contribution is -2.17. The first-order valence-corrected chi connectivity index (χ1v) is 12.7. The number of carbonyl (C=O) groups excluding carboxylic acids is 2. The molecule has 0 saturated heterocycles. The molecule has 0 fully saturated rings. The second kappa shape index (κ2) is 10.7. The van der Waals surface area contributed by atoms with Gasteiger partial charge in [-0.15, -0.1) is 0 Å². The lowest BCUT2D eigenvalue weighted by Gasteiger charge is -2.26. The van der Waals surface area contributed by atoms with Gasteiger partial charge in [0.15, 0.2) is 0 Å². The number of rotatable bonds is 8. The molecule has 6 nitrogen and oxygen atoms in total. The molecule has 0 saturated carbocycles. The van der Waals surface area contributed by atoms with E-state index in [2.05, 4.69) is 16.6 Å². The normalized spacial score (nSPS) is 13.2. The van der Waals surface area contributed by atoms with Crippen LogP contribution in [0.1, 0.15) is 68.6 Å². The Bertz CT molecular complexity index is 1480. The second-order valence-corrected chi connectivity index (χ2v) is 10.5. The third-order valence-corrected chi connectivity index (χ3v) is 6.64. The van der Waals surface area contributed by atoms with Gasteiger partial charge in [0.1, 0.15) is 5.71 Å². The summed E-state index contributed by atoms with van der Waals surface area (Å²) in [6.45, 7) is 10.1. The molecule has 1 heterocycles. The molecular weight excluding hydrogens is 464 g/mol. The molecule has 37 heavy (non-hydrogen) atoms. The van der Waals surface area contributed by atoms with E-state index in [-0.39, 0.29) is 16.9 Å². The molecule has 0 amide bonds. The fourth-order valence-corrected chi connectivity index (χ4v) is 4.67. The van der Waals surface area contributed by atoms with Crippen molar-refractivity contribution in [3.63, 3.8) is 0 Å². The van der Waals surface area contributed by atoms with Crippen LogP contribution in [0.4, 0.5) is 0 Å². The van der Waals surface area contributed by atoms with E-state index in [9.17, 15) is 14.7 Å². The molecule has 0 radical (unpaired) electrons. The molecule has 0 bridgehead atoms. The Labute approximate surface area is 217 Å². The molecule has 0 aliphatic rings. The number of hydrogen-bond donors (Lipinski definition) is 1. The highest BCUT2D eigenvalue weighted by atomic mass is 16.7. The minimum Gasteiger partial charge on any atom is -0.388 e. The molecule has 4 rings (SSSR count). The lowest BCUT2D eigenvalue weighted by atomic mass is 9.84. The average Bonchev–Trinajstić information content (AvgIpc) is 3.20. The van der Waals surface area contributed by atoms with Crippen molar-refractivity contribution in [2.24, 2.45) is 10.6 Å². The van der Waals surface area contributed by atoms with Crippen molar-refractivity contribution in [1.29, 1.82) is 0 Å². The zero-order chi connectivity index (χ0) is 26.7. The van der Waals surface area contributed by atoms with E-state index in [1.807, 2.05) is 81.4 Å². The SMILES string of the molecule is CCn1c2ccc(C(=O)/C(CCc3ccccc3)=N\OC(C)=O)cc2c2cc(C(O)C(C)(C)C)ccc21. The van der Waals surface area contributed by atoms with Crippen molar-refractivity contribution in [3.8, 4) is 0 Å². The number of aliphatic hydroxyl groups excluding tert-OH is 1. The highest BCUT2D eigenvalue weighted by molar-refractivity contribution is 6.46. The third kappa shape index (κ3) is 5.65. The van der Waals surface area contributed by atoms with Gasteiger partial charge in [-0.2, -0.15) is 0 Å². The monoisotopic (exact) mass is 498 g/mol. The van der Waals surface area contributed by atoms with Gasteiger partial charge in [-0.05, 0) is 60.2 Å². The third-order valence-electron chi connectivity index (χ3n) is 6.64. The van der Waals surface area contributed by atoms with Gasteiger partial charge in [-0.1, -0.05) is 62.3 Å². The average molecular weight is 499 g/mol. The number of carbonyl (C=O) groups is 2. The van der Waals surface area contributed by atoms with E-state index in [0.717, 1.165) is 39.5 Å². The van der Waals surface area contributed by atoms with Crippen molar-refractivity contribution in [1.82, 2.24) is 4.57 Å². The summed E-state index contributed by atoms with van der Waals surface area (Å²) in [4.78, 5) is 29.9. The number of benzene rings is 3. The maximum absolute atomic E-state index is 13.6. The number of aryl methyl sites for hydroxylation is 2. The Morgan fingerprint density at radius 3 is 2.24 bits per heavy atom. The van der Waals surface area contributed by atoms with Gasteiger partial charge in [0, 0.05) is 47.3 Å². The van der Waals surface area contributed by atoms with Crippen molar-refractivity contribution in [2.45, 2.75) is 60.1 Å². The standard InChI is InChI=1S/C31H34N2O4/c1-6-33-27-16-13-22(18-24(27)25-19-23(14-17-28(25)33)30(36)31(3,4)5)29(35)26(32-37-20(2)34)15-12-21-10-8-7-9-11-21/h7-11,13-14,16-19,30,36H,6,12,15H2,1-5H3/b32-26-. The van der Waals surface area contributed by atoms with Gasteiger partial charge in [-0.25, -0.2) is 4.79 Å². The quantitative estimate of drug-likeness (QED) is 0.128. The molecule has 1 N–H and O–H groups in total. The van der Waals surface area contributed by atoms with E-state index in [1.165, 1.54) is 6.92 Å². The Hall–Kier alpha value is -3.77. The van der Waals surface area contributed by atoms with Crippen molar-refractivity contribution in [2.75, 3.05) is 0 Å². The smallest absolute Gasteiger partial charge is 0.331 e. The predicted molar refractivity (Wildman–Crippen MR) is 148 cm³/mol. The van der Waals surface area contributed by atoms with E-state index >= 15 is 0 Å². The maximum atomic E-state index is 13.6. The summed E-state index contributed by atoms with van der Waals surface area (Å²) < 4.78 is 2.20. The zero-order valence-electron chi connectivity index (χ0n) is 22.1. The Morgan fingerprint density at radius 2 is 1.62 bits per heavy atom. The zero-order valence-corrected chi connectivity index (χ0v) is 22.1. The largest absolute Gasteiger partial charge is 0.388 e. The van der Waals surface area contributed by atoms with Gasteiger partial charge in [0.25, 0.3) is 0 Å². The van der Waals surface area contributed by atoms with Crippen LogP contribution in [0.25, 0.3) is 21.8 Å². The van der Waals surface area contributed by atoms with Crippen LogP contribution < -0.4 is 0 Å². The van der Waals surface area contributed by atoms with Crippen LogP contribution in [-0.2, 0) is 22.6 Å². The van der Waals surface area contributed by atoms with Gasteiger partial charge < -0.3 is 14.5 Å². The van der Waals surface area contributed by atoms with Crippen LogP contribution in [0.5, 0.6) is 0 Å². The van der Waals surface area contributed by atoms with E-state index in [0.29, 0.717) is 18.4 Å². The summed E-state index contributed by atoms with van der Waals surface area (Å²) in [5.74, 6) is -0.848. The molecule has 4 aromatic rings. The van der Waals surface area contributed by atoms with Crippen LogP contribution in [0.3, 0.4) is 0 Å². The van der Waals surface area contributed by atoms with Crippen LogP contribution in [-0.4, -0.2) is 27.1 Å². The summed E-state index contributed by atoms with van der Waals surface area (Å²) in [6, 6.07) is 21.5. The van der Waals surface area contributed by atoms with Gasteiger partial charge in [0.05, 0.1) is 6.10 Å². The van der Waals surface area contributed by atoms with E-state index < -0.39 is 12.1 Å². The molecule has 6 heteroatoms. The minimum atomic E-state index is -0.623. The molecular formula is C31H34N2O4. The van der Waals surface area contributed by atoms with Gasteiger partial charge in [0.2, 0.25) is 5.78 Å². The van der Waals surface area contributed by atoms with E-state index in [1.54, 1.807) is 6.07 Å². The van der Waals surface area contributed by atoms with Crippen LogP contribution in [0, 0.1) is 5.41 Å². The molecule has 0 aliphatic carbocycles. The molecule has 0 spiro atoms. The number of ketones is 1. The van der Waals surface area contributed by atoms with E-state index in [4.69, 9.17) is 4.84 Å². The number of aliphatic hydroxyl groups is 1. The van der Waals surface area contributed by atoms with Crippen LogP contribution in [0.2, 0.25) is 0 Å². The number of oxime groups is 1. The second-order valence-electron chi connectivity index (χ2n) is 10.5. The fraction of sp³-hybridized carbons (Fsp3) is 0.323. The predicted octanol–water partition coefficient (Wildman–Crippen LogP) is 6.63. The summed E-state index contributed by atoms with van der Waals surface area (Å²) >= 11 is 0. The number of Topliss-reactive ketones (excluding diaryl/α,β-unsaturated/α-hetero) is 1. The highest BCUT2D eigenvalue weighted by Gasteiger charge is 2.25. The Balaban J connectivity index is 1.77. The molecule has 192 valence electrons. The summed E-state index contributed by atoms with van der Waals surface area (Å²) in [5.41, 5.74) is 4.33. The van der Waals surface area contributed by atoms with Gasteiger partial charge in [-0.3, -0.25) is 4.79 Å². The Kier molecular flexibility index (Phi) is 7.60. The number of fused-ring (bicyclic) bond motifs is 3. The highest BCUT2D eigenvalue weighted by Crippen LogP contribution is 2.37.